The summed E-state index contributed by atoms with van der Waals surface area (Å²) in [5, 5.41) is 8.69. The smallest absolute Gasteiger partial charge is 0.338 e. The van der Waals surface area contributed by atoms with E-state index in [2.05, 4.69) is 0 Å². The van der Waals surface area contributed by atoms with Gasteiger partial charge >= 0.3 is 5.97 Å². The zero-order valence-electron chi connectivity index (χ0n) is 12.6. The lowest BCUT2D eigenvalue weighted by molar-refractivity contribution is -0.134. The van der Waals surface area contributed by atoms with E-state index in [0.717, 1.165) is 0 Å². The Bertz CT molecular complexity index is 749. The molecule has 1 saturated heterocycles. The molecule has 1 heterocycles. The number of carbonyl (C=O) groups excluding carboxylic acids is 2. The second-order valence-corrected chi connectivity index (χ2v) is 7.56. The Hall–Kier alpha value is -2.40. The third-order valence-electron chi connectivity index (χ3n) is 3.73. The van der Waals surface area contributed by atoms with E-state index >= 15 is 0 Å². The minimum Gasteiger partial charge on any atom is -0.452 e. The molecule has 0 spiro atoms. The molecular weight excluding hydrogens is 320 g/mol. The molecule has 0 saturated carbocycles. The van der Waals surface area contributed by atoms with Crippen LogP contribution in [0.2, 0.25) is 0 Å². The third kappa shape index (κ3) is 4.29. The number of benzene rings is 1. The maximum absolute atomic E-state index is 12.0. The number of amides is 1. The second kappa shape index (κ2) is 6.79. The highest BCUT2D eigenvalue weighted by Gasteiger charge is 2.32. The van der Waals surface area contributed by atoms with Crippen molar-refractivity contribution in [3.63, 3.8) is 0 Å². The van der Waals surface area contributed by atoms with Crippen LogP contribution in [0.4, 0.5) is 0 Å². The quantitative estimate of drug-likeness (QED) is 0.735. The van der Waals surface area contributed by atoms with Gasteiger partial charge in [-0.05, 0) is 30.7 Å². The number of nitriles is 1. The number of hydrogen-bond acceptors (Lipinski definition) is 6. The molecule has 1 fully saturated rings. The van der Waals surface area contributed by atoms with Crippen LogP contribution >= 0.6 is 0 Å². The van der Waals surface area contributed by atoms with Crippen LogP contribution in [0.25, 0.3) is 0 Å². The van der Waals surface area contributed by atoms with Gasteiger partial charge in [-0.25, -0.2) is 13.2 Å². The van der Waals surface area contributed by atoms with Gasteiger partial charge in [0.15, 0.2) is 16.4 Å². The van der Waals surface area contributed by atoms with Crippen LogP contribution < -0.4 is 0 Å². The summed E-state index contributed by atoms with van der Waals surface area (Å²) >= 11 is 0. The molecule has 122 valence electrons. The number of hydrogen-bond donors (Lipinski definition) is 0. The lowest BCUT2D eigenvalue weighted by Crippen LogP contribution is -2.40. The summed E-state index contributed by atoms with van der Waals surface area (Å²) in [6.45, 7) is -0.452. The molecule has 1 aliphatic heterocycles. The molecule has 2 rings (SSSR count). The Balaban J connectivity index is 1.88. The van der Waals surface area contributed by atoms with Gasteiger partial charge in [0, 0.05) is 13.1 Å². The minimum atomic E-state index is -3.08. The molecule has 23 heavy (non-hydrogen) atoms. The summed E-state index contributed by atoms with van der Waals surface area (Å²) in [7, 11) is -1.58. The Kier molecular flexibility index (Phi) is 5.01. The van der Waals surface area contributed by atoms with Gasteiger partial charge in [-0.3, -0.25) is 4.79 Å². The van der Waals surface area contributed by atoms with Gasteiger partial charge in [-0.15, -0.1) is 0 Å². The van der Waals surface area contributed by atoms with Crippen LogP contribution in [0, 0.1) is 11.3 Å². The first-order valence-corrected chi connectivity index (χ1v) is 8.78. The van der Waals surface area contributed by atoms with Crippen LogP contribution in [0.5, 0.6) is 0 Å². The number of carbonyl (C=O) groups is 2. The average molecular weight is 336 g/mol. The molecule has 1 aromatic carbocycles. The van der Waals surface area contributed by atoms with Gasteiger partial charge in [-0.2, -0.15) is 5.26 Å². The lowest BCUT2D eigenvalue weighted by atomic mass is 10.1. The van der Waals surface area contributed by atoms with Gasteiger partial charge in [0.1, 0.15) is 0 Å². The first-order valence-electron chi connectivity index (χ1n) is 6.96. The summed E-state index contributed by atoms with van der Waals surface area (Å²) in [6, 6.07) is 7.41. The molecule has 8 heteroatoms. The number of nitrogens with zero attached hydrogens (tertiary/aromatic N) is 2. The van der Waals surface area contributed by atoms with Gasteiger partial charge in [0.25, 0.3) is 5.91 Å². The van der Waals surface area contributed by atoms with Crippen LogP contribution in [0.15, 0.2) is 24.3 Å². The monoisotopic (exact) mass is 336 g/mol. The zero-order valence-corrected chi connectivity index (χ0v) is 13.4. The molecule has 0 N–H and O–H groups in total. The molecular formula is C15H16N2O5S. The Morgan fingerprint density at radius 2 is 2.00 bits per heavy atom. The highest BCUT2D eigenvalue weighted by Crippen LogP contribution is 2.16. The predicted octanol–water partition coefficient (Wildman–Crippen LogP) is 0.361. The van der Waals surface area contributed by atoms with Crippen LogP contribution in [-0.4, -0.2) is 56.4 Å². The Labute approximate surface area is 134 Å². The van der Waals surface area contributed by atoms with Gasteiger partial charge in [-0.1, -0.05) is 0 Å². The molecule has 1 atom stereocenters. The lowest BCUT2D eigenvalue weighted by Gasteiger charge is -2.23. The van der Waals surface area contributed by atoms with Crippen molar-refractivity contribution in [2.75, 3.05) is 25.2 Å². The van der Waals surface area contributed by atoms with E-state index in [9.17, 15) is 18.0 Å². The molecule has 0 aliphatic carbocycles. The molecule has 1 aromatic rings. The SMILES string of the molecule is CN(C(=O)COC(=O)c1ccc(C#N)cc1)[C@H]1CCS(=O)(=O)C1. The minimum absolute atomic E-state index is 0.0567. The maximum Gasteiger partial charge on any atom is 0.338 e. The van der Waals surface area contributed by atoms with E-state index in [1.807, 2.05) is 6.07 Å². The van der Waals surface area contributed by atoms with Crippen molar-refractivity contribution < 1.29 is 22.7 Å². The molecule has 7 nitrogen and oxygen atoms in total. The van der Waals surface area contributed by atoms with Crippen molar-refractivity contribution in [2.45, 2.75) is 12.5 Å². The van der Waals surface area contributed by atoms with Crippen molar-refractivity contribution in [1.82, 2.24) is 4.90 Å². The summed E-state index contributed by atoms with van der Waals surface area (Å²) in [6.07, 6.45) is 0.397. The predicted molar refractivity (Wildman–Crippen MR) is 81.3 cm³/mol. The van der Waals surface area contributed by atoms with Crippen molar-refractivity contribution in [1.29, 1.82) is 5.26 Å². The summed E-state index contributed by atoms with van der Waals surface area (Å²) in [5.74, 6) is -1.11. The highest BCUT2D eigenvalue weighted by molar-refractivity contribution is 7.91. The molecule has 1 amide bonds. The Morgan fingerprint density at radius 1 is 1.35 bits per heavy atom. The van der Waals surface area contributed by atoms with Gasteiger partial charge in [0.05, 0.1) is 28.7 Å². The van der Waals surface area contributed by atoms with Gasteiger partial charge in [0.2, 0.25) is 0 Å². The van der Waals surface area contributed by atoms with Crippen LogP contribution in [0.3, 0.4) is 0 Å². The normalized spacial score (nSPS) is 18.9. The summed E-state index contributed by atoms with van der Waals surface area (Å²) in [5.41, 5.74) is 0.655. The molecule has 0 unspecified atom stereocenters. The fraction of sp³-hybridized carbons (Fsp3) is 0.400. The molecule has 1 aliphatic rings. The molecule has 0 aromatic heterocycles. The number of rotatable bonds is 4. The average Bonchev–Trinajstić information content (AvgIpc) is 2.91. The fourth-order valence-corrected chi connectivity index (χ4v) is 4.05. The number of esters is 1. The zero-order chi connectivity index (χ0) is 17.0. The second-order valence-electron chi connectivity index (χ2n) is 5.33. The van der Waals surface area contributed by atoms with Crippen molar-refractivity contribution >= 4 is 21.7 Å². The number of likely N-dealkylation sites (N-methyl/N-ethyl adjacent to an activating group) is 1. The van der Waals surface area contributed by atoms with E-state index in [4.69, 9.17) is 10.00 Å². The molecule has 0 bridgehead atoms. The topological polar surface area (TPSA) is 105 Å². The fourth-order valence-electron chi connectivity index (χ4n) is 2.28. The van der Waals surface area contributed by atoms with E-state index in [1.165, 1.54) is 36.2 Å². The van der Waals surface area contributed by atoms with E-state index in [1.54, 1.807) is 0 Å². The van der Waals surface area contributed by atoms with Crippen molar-refractivity contribution in [3.8, 4) is 6.07 Å². The highest BCUT2D eigenvalue weighted by atomic mass is 32.2. The van der Waals surface area contributed by atoms with Crippen LogP contribution in [-0.2, 0) is 19.4 Å². The largest absolute Gasteiger partial charge is 0.452 e. The number of sulfone groups is 1. The summed E-state index contributed by atoms with van der Waals surface area (Å²) < 4.78 is 27.8. The Morgan fingerprint density at radius 3 is 2.52 bits per heavy atom. The maximum atomic E-state index is 12.0. The number of ether oxygens (including phenoxy) is 1. The third-order valence-corrected chi connectivity index (χ3v) is 5.48. The van der Waals surface area contributed by atoms with Gasteiger partial charge < -0.3 is 9.64 Å². The first kappa shape index (κ1) is 17.0. The van der Waals surface area contributed by atoms with Crippen LogP contribution in [0.1, 0.15) is 22.3 Å². The van der Waals surface area contributed by atoms with Crippen molar-refractivity contribution in [2.24, 2.45) is 0 Å². The standard InChI is InChI=1S/C15H16N2O5S/c1-17(13-6-7-23(20,21)10-13)14(18)9-22-15(19)12-4-2-11(8-16)3-5-12/h2-5,13H,6-7,9-10H2,1H3/t13-/m0/s1. The molecule has 0 radical (unpaired) electrons. The summed E-state index contributed by atoms with van der Waals surface area (Å²) in [4.78, 5) is 25.1. The van der Waals surface area contributed by atoms with E-state index in [0.29, 0.717) is 12.0 Å². The van der Waals surface area contributed by atoms with Crippen molar-refractivity contribution in [3.05, 3.63) is 35.4 Å². The first-order chi connectivity index (χ1) is 10.8. The van der Waals surface area contributed by atoms with E-state index < -0.39 is 28.3 Å². The van der Waals surface area contributed by atoms with E-state index in [-0.39, 0.29) is 23.1 Å².